The Morgan fingerprint density at radius 3 is 2.85 bits per heavy atom. The highest BCUT2D eigenvalue weighted by Gasteiger charge is 2.17. The maximum atomic E-state index is 11.8. The molecule has 2 rings (SSSR count). The third kappa shape index (κ3) is 4.06. The molecule has 1 fully saturated rings. The van der Waals surface area contributed by atoms with Gasteiger partial charge in [0.25, 0.3) is 5.56 Å². The van der Waals surface area contributed by atoms with Crippen LogP contribution in [0.15, 0.2) is 17.1 Å². The van der Waals surface area contributed by atoms with E-state index in [1.54, 1.807) is 0 Å². The Morgan fingerprint density at radius 2 is 2.20 bits per heavy atom. The number of amides is 1. The van der Waals surface area contributed by atoms with Crippen LogP contribution in [0.4, 0.5) is 5.69 Å². The summed E-state index contributed by atoms with van der Waals surface area (Å²) < 4.78 is 1.16. The molecule has 0 saturated heterocycles. The Morgan fingerprint density at radius 1 is 1.45 bits per heavy atom. The zero-order chi connectivity index (χ0) is 14.4. The Balaban J connectivity index is 1.91. The Hall–Kier alpha value is -1.89. The van der Waals surface area contributed by atoms with Gasteiger partial charge in [-0.2, -0.15) is 5.10 Å². The summed E-state index contributed by atoms with van der Waals surface area (Å²) in [7, 11) is 0. The Labute approximate surface area is 117 Å². The van der Waals surface area contributed by atoms with Crippen LogP contribution in [0.2, 0.25) is 0 Å². The van der Waals surface area contributed by atoms with Crippen LogP contribution in [0.1, 0.15) is 25.7 Å². The summed E-state index contributed by atoms with van der Waals surface area (Å²) in [4.78, 5) is 23.7. The first-order chi connectivity index (χ1) is 9.69. The van der Waals surface area contributed by atoms with Crippen LogP contribution in [-0.4, -0.2) is 34.8 Å². The molecule has 1 aliphatic rings. The summed E-state index contributed by atoms with van der Waals surface area (Å²) in [6.45, 7) is 1.02. The van der Waals surface area contributed by atoms with Crippen LogP contribution in [0.5, 0.6) is 0 Å². The van der Waals surface area contributed by atoms with Gasteiger partial charge >= 0.3 is 0 Å². The van der Waals surface area contributed by atoms with Gasteiger partial charge in [-0.05, 0) is 12.8 Å². The number of anilines is 1. The molecular formula is C13H21N5O2. The van der Waals surface area contributed by atoms with Crippen LogP contribution >= 0.6 is 0 Å². The van der Waals surface area contributed by atoms with Crippen molar-refractivity contribution in [2.24, 2.45) is 5.73 Å². The van der Waals surface area contributed by atoms with Gasteiger partial charge in [-0.3, -0.25) is 9.59 Å². The molecule has 1 heterocycles. The molecule has 4 N–H and O–H groups in total. The van der Waals surface area contributed by atoms with Gasteiger partial charge in [0.15, 0.2) is 0 Å². The number of nitrogens with zero attached hydrogens (tertiary/aromatic N) is 2. The van der Waals surface area contributed by atoms with Crippen molar-refractivity contribution in [3.8, 4) is 0 Å². The smallest absolute Gasteiger partial charge is 0.269 e. The average Bonchev–Trinajstić information content (AvgIpc) is 2.92. The van der Waals surface area contributed by atoms with Crippen molar-refractivity contribution in [1.29, 1.82) is 0 Å². The fourth-order valence-corrected chi connectivity index (χ4v) is 2.35. The van der Waals surface area contributed by atoms with Crippen molar-refractivity contribution in [2.75, 3.05) is 18.4 Å². The monoisotopic (exact) mass is 279 g/mol. The van der Waals surface area contributed by atoms with Gasteiger partial charge in [-0.25, -0.2) is 4.68 Å². The fraction of sp³-hybridized carbons (Fsp3) is 0.615. The second-order valence-electron chi connectivity index (χ2n) is 5.00. The largest absolute Gasteiger partial charge is 0.382 e. The second-order valence-corrected chi connectivity index (χ2v) is 5.00. The predicted molar refractivity (Wildman–Crippen MR) is 76.4 cm³/mol. The number of hydrogen-bond donors (Lipinski definition) is 3. The molecule has 7 nitrogen and oxygen atoms in total. The van der Waals surface area contributed by atoms with Crippen LogP contribution < -0.4 is 21.9 Å². The predicted octanol–water partition coefficient (Wildman–Crippen LogP) is -0.327. The minimum Gasteiger partial charge on any atom is -0.382 e. The molecule has 0 atom stereocenters. The molecule has 110 valence electrons. The zero-order valence-electron chi connectivity index (χ0n) is 11.5. The van der Waals surface area contributed by atoms with Gasteiger partial charge < -0.3 is 16.4 Å². The standard InChI is InChI=1S/C13H21N5O2/c14-5-6-15-11-7-13(20)18(16-8-11)9-12(19)17-10-3-1-2-4-10/h7-8,10,15H,1-6,9,14H2,(H,17,19). The van der Waals surface area contributed by atoms with Gasteiger partial charge in [0.2, 0.25) is 5.91 Å². The highest BCUT2D eigenvalue weighted by atomic mass is 16.2. The van der Waals surface area contributed by atoms with E-state index in [0.29, 0.717) is 18.8 Å². The molecule has 0 aliphatic heterocycles. The van der Waals surface area contributed by atoms with E-state index in [1.807, 2.05) is 0 Å². The number of rotatable bonds is 6. The third-order valence-corrected chi connectivity index (χ3v) is 3.36. The van der Waals surface area contributed by atoms with Crippen molar-refractivity contribution in [2.45, 2.75) is 38.3 Å². The van der Waals surface area contributed by atoms with E-state index >= 15 is 0 Å². The van der Waals surface area contributed by atoms with E-state index in [4.69, 9.17) is 5.73 Å². The van der Waals surface area contributed by atoms with E-state index in [0.717, 1.165) is 30.4 Å². The van der Waals surface area contributed by atoms with Crippen molar-refractivity contribution >= 4 is 11.6 Å². The summed E-state index contributed by atoms with van der Waals surface area (Å²) in [5.74, 6) is -0.158. The molecule has 0 aromatic carbocycles. The van der Waals surface area contributed by atoms with Gasteiger partial charge in [0, 0.05) is 25.2 Å². The second kappa shape index (κ2) is 7.04. The molecule has 1 aliphatic carbocycles. The lowest BCUT2D eigenvalue weighted by Crippen LogP contribution is -2.38. The molecule has 0 radical (unpaired) electrons. The van der Waals surface area contributed by atoms with Crippen LogP contribution in [0.3, 0.4) is 0 Å². The molecule has 1 saturated carbocycles. The van der Waals surface area contributed by atoms with Gasteiger partial charge in [-0.15, -0.1) is 0 Å². The summed E-state index contributed by atoms with van der Waals surface area (Å²) in [5, 5.41) is 9.89. The number of carbonyl (C=O) groups excluding carboxylic acids is 1. The lowest BCUT2D eigenvalue weighted by Gasteiger charge is -2.12. The Kier molecular flexibility index (Phi) is 5.11. The molecular weight excluding hydrogens is 258 g/mol. The summed E-state index contributed by atoms with van der Waals surface area (Å²) in [6.07, 6.45) is 5.89. The first kappa shape index (κ1) is 14.5. The van der Waals surface area contributed by atoms with Crippen molar-refractivity contribution in [3.05, 3.63) is 22.6 Å². The average molecular weight is 279 g/mol. The van der Waals surface area contributed by atoms with Crippen molar-refractivity contribution in [1.82, 2.24) is 15.1 Å². The molecule has 0 bridgehead atoms. The lowest BCUT2D eigenvalue weighted by molar-refractivity contribution is -0.122. The molecule has 20 heavy (non-hydrogen) atoms. The summed E-state index contributed by atoms with van der Waals surface area (Å²) in [6, 6.07) is 1.68. The Bertz CT molecular complexity index is 508. The number of hydrogen-bond acceptors (Lipinski definition) is 5. The highest BCUT2D eigenvalue weighted by molar-refractivity contribution is 5.75. The fourth-order valence-electron chi connectivity index (χ4n) is 2.35. The first-order valence-electron chi connectivity index (χ1n) is 6.99. The lowest BCUT2D eigenvalue weighted by atomic mass is 10.2. The first-order valence-corrected chi connectivity index (χ1v) is 6.99. The van der Waals surface area contributed by atoms with Gasteiger partial charge in [-0.1, -0.05) is 12.8 Å². The number of carbonyl (C=O) groups is 1. The van der Waals surface area contributed by atoms with E-state index in [1.165, 1.54) is 12.3 Å². The van der Waals surface area contributed by atoms with E-state index in [-0.39, 0.29) is 24.1 Å². The van der Waals surface area contributed by atoms with Crippen LogP contribution in [0.25, 0.3) is 0 Å². The normalized spacial score (nSPS) is 15.2. The maximum absolute atomic E-state index is 11.8. The molecule has 0 spiro atoms. The number of aromatic nitrogens is 2. The number of nitrogens with one attached hydrogen (secondary N) is 2. The van der Waals surface area contributed by atoms with Gasteiger partial charge in [0.1, 0.15) is 6.54 Å². The third-order valence-electron chi connectivity index (χ3n) is 3.36. The van der Waals surface area contributed by atoms with E-state index in [2.05, 4.69) is 15.7 Å². The van der Waals surface area contributed by atoms with E-state index in [9.17, 15) is 9.59 Å². The minimum absolute atomic E-state index is 0.0352. The molecule has 7 heteroatoms. The topological polar surface area (TPSA) is 102 Å². The van der Waals surface area contributed by atoms with Crippen LogP contribution in [0, 0.1) is 0 Å². The highest BCUT2D eigenvalue weighted by Crippen LogP contribution is 2.17. The maximum Gasteiger partial charge on any atom is 0.269 e. The molecule has 1 amide bonds. The SMILES string of the molecule is NCCNc1cnn(CC(=O)NC2CCCC2)c(=O)c1. The van der Waals surface area contributed by atoms with Gasteiger partial charge in [0.05, 0.1) is 11.9 Å². The number of nitrogens with two attached hydrogens (primary N) is 1. The summed E-state index contributed by atoms with van der Waals surface area (Å²) >= 11 is 0. The zero-order valence-corrected chi connectivity index (χ0v) is 11.5. The van der Waals surface area contributed by atoms with E-state index < -0.39 is 0 Å². The van der Waals surface area contributed by atoms with Crippen molar-refractivity contribution in [3.63, 3.8) is 0 Å². The molecule has 1 aromatic heterocycles. The summed E-state index contributed by atoms with van der Waals surface area (Å²) in [5.41, 5.74) is 5.69. The minimum atomic E-state index is -0.298. The quantitative estimate of drug-likeness (QED) is 0.662. The van der Waals surface area contributed by atoms with Crippen LogP contribution in [-0.2, 0) is 11.3 Å². The van der Waals surface area contributed by atoms with Crippen molar-refractivity contribution < 1.29 is 4.79 Å². The molecule has 1 aromatic rings. The molecule has 0 unspecified atom stereocenters.